The van der Waals surface area contributed by atoms with E-state index in [4.69, 9.17) is 10.5 Å². The Bertz CT molecular complexity index is 627. The lowest BCUT2D eigenvalue weighted by Gasteiger charge is -2.17. The van der Waals surface area contributed by atoms with E-state index >= 15 is 0 Å². The molecule has 0 unspecified atom stereocenters. The summed E-state index contributed by atoms with van der Waals surface area (Å²) < 4.78 is 7.06. The Morgan fingerprint density at radius 1 is 1.10 bits per heavy atom. The van der Waals surface area contributed by atoms with Gasteiger partial charge in [-0.05, 0) is 62.6 Å². The molecule has 1 atom stereocenters. The highest BCUT2D eigenvalue weighted by atomic mass is 79.9. The first kappa shape index (κ1) is 16.1. The quantitative estimate of drug-likeness (QED) is 0.846. The molecule has 0 heterocycles. The van der Waals surface area contributed by atoms with E-state index in [0.717, 1.165) is 15.8 Å². The minimum atomic E-state index is -0.0577. The number of nitrogens with two attached hydrogens (primary N) is 1. The second kappa shape index (κ2) is 6.63. The van der Waals surface area contributed by atoms with Gasteiger partial charge in [-0.2, -0.15) is 0 Å². The summed E-state index contributed by atoms with van der Waals surface area (Å²) in [6.07, 6.45) is 0. The van der Waals surface area contributed by atoms with Crippen molar-refractivity contribution < 1.29 is 4.74 Å². The predicted molar refractivity (Wildman–Crippen MR) is 91.7 cm³/mol. The lowest BCUT2D eigenvalue weighted by molar-refractivity contribution is 0.300. The first-order valence-electron chi connectivity index (χ1n) is 7.13. The molecule has 0 fully saturated rings. The molecule has 0 aliphatic heterocycles. The van der Waals surface area contributed by atoms with E-state index in [1.54, 1.807) is 0 Å². The molecule has 0 radical (unpaired) electrons. The van der Waals surface area contributed by atoms with Crippen molar-refractivity contribution in [2.24, 2.45) is 5.73 Å². The van der Waals surface area contributed by atoms with Gasteiger partial charge in [0.15, 0.2) is 0 Å². The number of benzene rings is 2. The van der Waals surface area contributed by atoms with Gasteiger partial charge in [0.2, 0.25) is 0 Å². The SMILES string of the molecule is Cc1cc(C)c(COc2ccc(Br)cc2[C@@H](C)N)c(C)c1. The van der Waals surface area contributed by atoms with Crippen molar-refractivity contribution in [3.05, 3.63) is 62.6 Å². The number of hydrogen-bond donors (Lipinski definition) is 1. The van der Waals surface area contributed by atoms with Crippen LogP contribution in [0, 0.1) is 20.8 Å². The highest BCUT2D eigenvalue weighted by Gasteiger charge is 2.11. The minimum absolute atomic E-state index is 0.0577. The maximum atomic E-state index is 6.04. The predicted octanol–water partition coefficient (Wildman–Crippen LogP) is 4.97. The third-order valence-electron chi connectivity index (χ3n) is 3.67. The molecule has 2 N–H and O–H groups in total. The molecule has 0 saturated heterocycles. The number of aryl methyl sites for hydroxylation is 3. The number of halogens is 1. The summed E-state index contributed by atoms with van der Waals surface area (Å²) >= 11 is 3.48. The molecule has 3 heteroatoms. The van der Waals surface area contributed by atoms with Gasteiger partial charge >= 0.3 is 0 Å². The molecule has 0 saturated carbocycles. The van der Waals surface area contributed by atoms with Gasteiger partial charge in [0, 0.05) is 16.1 Å². The van der Waals surface area contributed by atoms with E-state index in [1.165, 1.54) is 22.3 Å². The summed E-state index contributed by atoms with van der Waals surface area (Å²) in [5, 5.41) is 0. The Morgan fingerprint density at radius 3 is 2.29 bits per heavy atom. The second-order valence-corrected chi connectivity index (χ2v) is 6.55. The van der Waals surface area contributed by atoms with Crippen LogP contribution in [0.15, 0.2) is 34.8 Å². The standard InChI is InChI=1S/C18H22BrNO/c1-11-7-12(2)17(13(3)8-11)10-21-18-6-5-15(19)9-16(18)14(4)20/h5-9,14H,10,20H2,1-4H3/t14-/m1/s1. The zero-order valence-corrected chi connectivity index (χ0v) is 14.6. The van der Waals surface area contributed by atoms with E-state index in [0.29, 0.717) is 6.61 Å². The zero-order valence-electron chi connectivity index (χ0n) is 13.0. The molecule has 112 valence electrons. The molecule has 0 aliphatic rings. The van der Waals surface area contributed by atoms with E-state index in [2.05, 4.69) is 48.8 Å². The molecule has 0 bridgehead atoms. The van der Waals surface area contributed by atoms with E-state index in [1.807, 2.05) is 25.1 Å². The lowest BCUT2D eigenvalue weighted by Crippen LogP contribution is -2.09. The molecular weight excluding hydrogens is 326 g/mol. The summed E-state index contributed by atoms with van der Waals surface area (Å²) in [7, 11) is 0. The Morgan fingerprint density at radius 2 is 1.71 bits per heavy atom. The Labute approximate surface area is 135 Å². The Kier molecular flexibility index (Phi) is 5.07. The third kappa shape index (κ3) is 3.86. The second-order valence-electron chi connectivity index (χ2n) is 5.64. The molecule has 2 nitrogen and oxygen atoms in total. The maximum absolute atomic E-state index is 6.04. The maximum Gasteiger partial charge on any atom is 0.124 e. The number of ether oxygens (including phenoxy) is 1. The van der Waals surface area contributed by atoms with Crippen LogP contribution in [-0.2, 0) is 6.61 Å². The summed E-state index contributed by atoms with van der Waals surface area (Å²) in [5.74, 6) is 0.854. The smallest absolute Gasteiger partial charge is 0.124 e. The first-order valence-corrected chi connectivity index (χ1v) is 7.92. The third-order valence-corrected chi connectivity index (χ3v) is 4.17. The molecule has 2 aromatic rings. The van der Waals surface area contributed by atoms with Crippen LogP contribution in [0.2, 0.25) is 0 Å². The van der Waals surface area contributed by atoms with Gasteiger partial charge in [-0.3, -0.25) is 0 Å². The van der Waals surface area contributed by atoms with Gasteiger partial charge in [0.25, 0.3) is 0 Å². The largest absolute Gasteiger partial charge is 0.489 e. The number of hydrogen-bond acceptors (Lipinski definition) is 2. The van der Waals surface area contributed by atoms with Crippen molar-refractivity contribution in [3.8, 4) is 5.75 Å². The molecule has 0 spiro atoms. The fourth-order valence-electron chi connectivity index (χ4n) is 2.59. The van der Waals surface area contributed by atoms with Gasteiger partial charge in [-0.15, -0.1) is 0 Å². The normalized spacial score (nSPS) is 12.3. The van der Waals surface area contributed by atoms with Crippen molar-refractivity contribution in [1.29, 1.82) is 0 Å². The van der Waals surface area contributed by atoms with Crippen LogP contribution in [-0.4, -0.2) is 0 Å². The molecule has 0 aliphatic carbocycles. The fraction of sp³-hybridized carbons (Fsp3) is 0.333. The van der Waals surface area contributed by atoms with Crippen LogP contribution in [0.1, 0.15) is 40.8 Å². The summed E-state index contributed by atoms with van der Waals surface area (Å²) in [5.41, 5.74) is 12.1. The van der Waals surface area contributed by atoms with Crippen molar-refractivity contribution in [1.82, 2.24) is 0 Å². The van der Waals surface area contributed by atoms with Crippen LogP contribution in [0.3, 0.4) is 0 Å². The molecule has 0 amide bonds. The lowest BCUT2D eigenvalue weighted by atomic mass is 10.0. The van der Waals surface area contributed by atoms with Gasteiger partial charge in [-0.1, -0.05) is 33.6 Å². The summed E-state index contributed by atoms with van der Waals surface area (Å²) in [4.78, 5) is 0. The van der Waals surface area contributed by atoms with Gasteiger partial charge in [0.05, 0.1) is 0 Å². The topological polar surface area (TPSA) is 35.2 Å². The Balaban J connectivity index is 2.25. The van der Waals surface area contributed by atoms with Crippen molar-refractivity contribution in [2.45, 2.75) is 40.3 Å². The minimum Gasteiger partial charge on any atom is -0.489 e. The van der Waals surface area contributed by atoms with Crippen LogP contribution in [0.25, 0.3) is 0 Å². The summed E-state index contributed by atoms with van der Waals surface area (Å²) in [6.45, 7) is 8.92. The van der Waals surface area contributed by atoms with Gasteiger partial charge in [0.1, 0.15) is 12.4 Å². The molecule has 2 rings (SSSR count). The molecule has 21 heavy (non-hydrogen) atoms. The zero-order chi connectivity index (χ0) is 15.6. The van der Waals surface area contributed by atoms with Gasteiger partial charge < -0.3 is 10.5 Å². The highest BCUT2D eigenvalue weighted by molar-refractivity contribution is 9.10. The average molecular weight is 348 g/mol. The molecular formula is C18H22BrNO. The molecule has 2 aromatic carbocycles. The van der Waals surface area contributed by atoms with Crippen molar-refractivity contribution in [3.63, 3.8) is 0 Å². The summed E-state index contributed by atoms with van der Waals surface area (Å²) in [6, 6.07) is 10.3. The highest BCUT2D eigenvalue weighted by Crippen LogP contribution is 2.29. The molecule has 0 aromatic heterocycles. The monoisotopic (exact) mass is 347 g/mol. The van der Waals surface area contributed by atoms with Gasteiger partial charge in [-0.25, -0.2) is 0 Å². The average Bonchev–Trinajstić information content (AvgIpc) is 2.38. The van der Waals surface area contributed by atoms with Crippen molar-refractivity contribution >= 4 is 15.9 Å². The Hall–Kier alpha value is -1.32. The van der Waals surface area contributed by atoms with Crippen LogP contribution >= 0.6 is 15.9 Å². The van der Waals surface area contributed by atoms with Crippen LogP contribution < -0.4 is 10.5 Å². The van der Waals surface area contributed by atoms with Crippen LogP contribution in [0.5, 0.6) is 5.75 Å². The fourth-order valence-corrected chi connectivity index (χ4v) is 2.97. The first-order chi connectivity index (χ1) is 9.88. The van der Waals surface area contributed by atoms with Crippen molar-refractivity contribution in [2.75, 3.05) is 0 Å². The van der Waals surface area contributed by atoms with Crippen LogP contribution in [0.4, 0.5) is 0 Å². The van der Waals surface area contributed by atoms with E-state index in [9.17, 15) is 0 Å². The number of rotatable bonds is 4. The van der Waals surface area contributed by atoms with E-state index < -0.39 is 0 Å². The van der Waals surface area contributed by atoms with E-state index in [-0.39, 0.29) is 6.04 Å².